The predicted octanol–water partition coefficient (Wildman–Crippen LogP) is 5.47. The molecule has 2 aromatic carbocycles. The summed E-state index contributed by atoms with van der Waals surface area (Å²) in [6.07, 6.45) is 4.72. The van der Waals surface area contributed by atoms with Crippen molar-refractivity contribution < 1.29 is 52.9 Å². The molecule has 0 bridgehead atoms. The third-order valence-corrected chi connectivity index (χ3v) is 14.3. The van der Waals surface area contributed by atoms with Gasteiger partial charge < -0.3 is 45.6 Å². The SMILES string of the molecule is C=CCN(CC=C)C(=O)c1c(I)c(NC(=O)COC(C)=O)c(I)c(C(=O)NCC(O)CNC(=O)c2c(I)c(NC(=O)COC(C)=O)c(I)c(C(=O)N(CC=C)CC=C)c2I)c1I. The Bertz CT molecular complexity index is 2020. The quantitative estimate of drug-likeness (QED) is 0.0565. The lowest BCUT2D eigenvalue weighted by Gasteiger charge is -2.25. The summed E-state index contributed by atoms with van der Waals surface area (Å²) < 4.78 is 11.2. The van der Waals surface area contributed by atoms with Crippen LogP contribution in [-0.4, -0.2) is 121 Å². The summed E-state index contributed by atoms with van der Waals surface area (Å²) in [7, 11) is 0. The number of carbonyl (C=O) groups excluding carboxylic acids is 8. The van der Waals surface area contributed by atoms with Crippen LogP contribution in [0.15, 0.2) is 50.6 Å². The summed E-state index contributed by atoms with van der Waals surface area (Å²) in [5.74, 6) is -5.27. The highest BCUT2D eigenvalue weighted by molar-refractivity contribution is 14.1. The molecule has 5 N–H and O–H groups in total. The number of hydrogen-bond acceptors (Lipinski definition) is 11. The average Bonchev–Trinajstić information content (AvgIpc) is 3.20. The molecule has 0 aliphatic rings. The van der Waals surface area contributed by atoms with E-state index in [-0.39, 0.29) is 74.1 Å². The molecule has 17 nitrogen and oxygen atoms in total. The zero-order valence-electron chi connectivity index (χ0n) is 33.1. The molecule has 0 aromatic heterocycles. The third-order valence-electron chi connectivity index (χ3n) is 7.83. The number of aliphatic hydroxyl groups is 1. The maximum Gasteiger partial charge on any atom is 0.303 e. The van der Waals surface area contributed by atoms with Crippen LogP contribution >= 0.6 is 136 Å². The van der Waals surface area contributed by atoms with Crippen LogP contribution in [0.5, 0.6) is 0 Å². The molecular weight excluding hydrogens is 1490 g/mol. The maximum atomic E-state index is 13.9. The number of aliphatic hydroxyl groups excluding tert-OH is 1. The number of esters is 2. The second-order valence-electron chi connectivity index (χ2n) is 12.4. The van der Waals surface area contributed by atoms with Crippen molar-refractivity contribution in [2.45, 2.75) is 20.0 Å². The van der Waals surface area contributed by atoms with Crippen molar-refractivity contribution in [3.05, 3.63) is 94.3 Å². The Morgan fingerprint density at radius 2 is 0.839 bits per heavy atom. The van der Waals surface area contributed by atoms with Gasteiger partial charge in [-0.25, -0.2) is 0 Å². The topological polar surface area (TPSA) is 230 Å². The number of nitrogens with one attached hydrogen (secondary N) is 4. The Morgan fingerprint density at radius 3 is 1.11 bits per heavy atom. The molecule has 0 aliphatic heterocycles. The van der Waals surface area contributed by atoms with Gasteiger partial charge in [0.2, 0.25) is 0 Å². The van der Waals surface area contributed by atoms with Crippen molar-refractivity contribution in [1.82, 2.24) is 20.4 Å². The van der Waals surface area contributed by atoms with Crippen LogP contribution in [0.25, 0.3) is 0 Å². The molecule has 0 fully saturated rings. The Kier molecular flexibility index (Phi) is 24.3. The summed E-state index contributed by atoms with van der Waals surface area (Å²) in [4.78, 5) is 107. The van der Waals surface area contributed by atoms with Gasteiger partial charge in [-0.2, -0.15) is 0 Å². The lowest BCUT2D eigenvalue weighted by molar-refractivity contribution is -0.145. The van der Waals surface area contributed by atoms with Gasteiger partial charge in [0, 0.05) is 60.3 Å². The molecule has 62 heavy (non-hydrogen) atoms. The van der Waals surface area contributed by atoms with Gasteiger partial charge in [-0.1, -0.05) is 24.3 Å². The summed E-state index contributed by atoms with van der Waals surface area (Å²) >= 11 is 11.2. The predicted molar refractivity (Wildman–Crippen MR) is 283 cm³/mol. The number of ether oxygens (including phenoxy) is 2. The molecule has 6 amide bonds. The molecule has 0 saturated carbocycles. The van der Waals surface area contributed by atoms with Gasteiger partial charge in [-0.3, -0.25) is 38.4 Å². The minimum atomic E-state index is -1.37. The first-order chi connectivity index (χ1) is 29.2. The Morgan fingerprint density at radius 1 is 0.548 bits per heavy atom. The molecule has 23 heteroatoms. The number of halogens is 6. The number of anilines is 2. The Balaban J connectivity index is 2.53. The summed E-state index contributed by atoms with van der Waals surface area (Å²) in [6, 6.07) is 0. The van der Waals surface area contributed by atoms with E-state index in [0.29, 0.717) is 7.14 Å². The molecule has 334 valence electrons. The molecule has 2 rings (SSSR count). The van der Waals surface area contributed by atoms with Gasteiger partial charge >= 0.3 is 11.9 Å². The van der Waals surface area contributed by atoms with Crippen LogP contribution in [-0.2, 0) is 28.7 Å². The van der Waals surface area contributed by atoms with Crippen molar-refractivity contribution in [2.75, 3.05) is 63.1 Å². The van der Waals surface area contributed by atoms with Crippen LogP contribution in [0.2, 0.25) is 0 Å². The fourth-order valence-corrected chi connectivity index (χ4v) is 13.9. The van der Waals surface area contributed by atoms with Crippen molar-refractivity contribution in [1.29, 1.82) is 0 Å². The molecule has 0 spiro atoms. The van der Waals surface area contributed by atoms with E-state index in [1.54, 1.807) is 0 Å². The van der Waals surface area contributed by atoms with Gasteiger partial charge in [0.15, 0.2) is 13.2 Å². The van der Waals surface area contributed by atoms with Crippen molar-refractivity contribution >= 4 is 194 Å². The average molecular weight is 1530 g/mol. The van der Waals surface area contributed by atoms with E-state index in [1.807, 2.05) is 136 Å². The molecule has 0 aliphatic carbocycles. The third kappa shape index (κ3) is 15.3. The molecule has 2 aromatic rings. The zero-order chi connectivity index (χ0) is 47.0. The van der Waals surface area contributed by atoms with Crippen molar-refractivity contribution in [3.8, 4) is 0 Å². The highest BCUT2D eigenvalue weighted by Crippen LogP contribution is 2.38. The molecule has 0 saturated heterocycles. The van der Waals surface area contributed by atoms with Crippen LogP contribution in [0.4, 0.5) is 11.4 Å². The molecule has 0 radical (unpaired) electrons. The Hall–Kier alpha value is -2.50. The fourth-order valence-electron chi connectivity index (χ4n) is 5.10. The van der Waals surface area contributed by atoms with Crippen LogP contribution in [0, 0.1) is 21.4 Å². The standard InChI is InChI=1S/C39H40I6N6O11/c1-7-11-50(12-8-2)38(59)26-28(40)24(30(42)34(32(26)44)48-22(55)17-61-19(5)52)36(57)46-15-21(54)16-47-37(58)25-29(41)27(39(60)51(13-9-3)14-10-4)33(45)35(31(25)43)49-23(56)18-62-20(6)53/h7-10,21,54H,1-4,11-18H2,5-6H3,(H,46,57)(H,47,58)(H,48,55)(H,49,56). The number of rotatable bonds is 22. The van der Waals surface area contributed by atoms with Gasteiger partial charge in [-0.05, 0) is 136 Å². The van der Waals surface area contributed by atoms with Crippen LogP contribution in [0.1, 0.15) is 55.3 Å². The number of nitrogens with zero attached hydrogens (tertiary/aromatic N) is 2. The van der Waals surface area contributed by atoms with Gasteiger partial charge in [0.05, 0.1) is 54.0 Å². The lowest BCUT2D eigenvalue weighted by atomic mass is 10.1. The first kappa shape index (κ1) is 55.6. The first-order valence-electron chi connectivity index (χ1n) is 17.7. The van der Waals surface area contributed by atoms with Gasteiger partial charge in [0.1, 0.15) is 0 Å². The number of carbonyl (C=O) groups is 8. The highest BCUT2D eigenvalue weighted by Gasteiger charge is 2.33. The number of benzene rings is 2. The zero-order valence-corrected chi connectivity index (χ0v) is 46.0. The number of amides is 6. The Labute approximate surface area is 439 Å². The summed E-state index contributed by atoms with van der Waals surface area (Å²) in [5, 5.41) is 21.6. The second-order valence-corrected chi connectivity index (χ2v) is 18.9. The largest absolute Gasteiger partial charge is 0.456 e. The molecule has 0 unspecified atom stereocenters. The highest BCUT2D eigenvalue weighted by atomic mass is 127. The molecule has 0 atom stereocenters. The smallest absolute Gasteiger partial charge is 0.303 e. The first-order valence-corrected chi connectivity index (χ1v) is 24.2. The van der Waals surface area contributed by atoms with E-state index >= 15 is 0 Å². The maximum absolute atomic E-state index is 13.9. The van der Waals surface area contributed by atoms with Crippen LogP contribution in [0.3, 0.4) is 0 Å². The lowest BCUT2D eigenvalue weighted by Crippen LogP contribution is -2.41. The van der Waals surface area contributed by atoms with E-state index in [1.165, 1.54) is 34.1 Å². The van der Waals surface area contributed by atoms with Gasteiger partial charge in [-0.15, -0.1) is 26.3 Å². The van der Waals surface area contributed by atoms with E-state index < -0.39 is 79.8 Å². The van der Waals surface area contributed by atoms with E-state index in [2.05, 4.69) is 47.6 Å². The summed E-state index contributed by atoms with van der Waals surface area (Å²) in [5.41, 5.74) is 0.402. The minimum Gasteiger partial charge on any atom is -0.456 e. The molecule has 0 heterocycles. The van der Waals surface area contributed by atoms with Crippen LogP contribution < -0.4 is 21.3 Å². The van der Waals surface area contributed by atoms with Gasteiger partial charge in [0.25, 0.3) is 35.4 Å². The second kappa shape index (κ2) is 27.1. The van der Waals surface area contributed by atoms with E-state index in [4.69, 9.17) is 9.47 Å². The fraction of sp³-hybridized carbons (Fsp3) is 0.282. The monoisotopic (exact) mass is 1530 g/mol. The normalized spacial score (nSPS) is 10.5. The summed E-state index contributed by atoms with van der Waals surface area (Å²) in [6.45, 7) is 15.6. The van der Waals surface area contributed by atoms with Crippen molar-refractivity contribution in [3.63, 3.8) is 0 Å². The van der Waals surface area contributed by atoms with Crippen molar-refractivity contribution in [2.24, 2.45) is 0 Å². The minimum absolute atomic E-state index is 0.00318. The van der Waals surface area contributed by atoms with E-state index in [0.717, 1.165) is 13.8 Å². The van der Waals surface area contributed by atoms with E-state index in [9.17, 15) is 43.5 Å². The molecular formula is C39H40I6N6O11. The number of hydrogen-bond donors (Lipinski definition) is 5.